The van der Waals surface area contributed by atoms with Crippen molar-refractivity contribution in [2.75, 3.05) is 7.11 Å². The number of aliphatic carboxylic acids is 1. The Bertz CT molecular complexity index is 659. The number of hydrogen-bond donors (Lipinski definition) is 1. The van der Waals surface area contributed by atoms with Gasteiger partial charge in [0.05, 0.1) is 24.5 Å². The Kier molecular flexibility index (Phi) is 5.22. The largest absolute Gasteiger partial charge is 0.493 e. The number of carboxylic acid groups (broad SMARTS) is 1. The van der Waals surface area contributed by atoms with E-state index in [4.69, 9.17) is 15.9 Å². The Morgan fingerprint density at radius 1 is 1.20 bits per heavy atom. The molecule has 0 spiro atoms. The predicted octanol–water partition coefficient (Wildman–Crippen LogP) is 4.16. The molecule has 0 atom stereocenters. The summed E-state index contributed by atoms with van der Waals surface area (Å²) in [6, 6.07) is 5.93. The highest BCUT2D eigenvalue weighted by atomic mass is 16.5. The van der Waals surface area contributed by atoms with Gasteiger partial charge in [0.2, 0.25) is 0 Å². The second-order valence-corrected chi connectivity index (χ2v) is 7.23. The fourth-order valence-electron chi connectivity index (χ4n) is 4.13. The van der Waals surface area contributed by atoms with E-state index in [0.29, 0.717) is 25.7 Å². The van der Waals surface area contributed by atoms with Crippen molar-refractivity contribution in [1.29, 1.82) is 0 Å². The summed E-state index contributed by atoms with van der Waals surface area (Å²) in [5.41, 5.74) is 0.624. The topological polar surface area (TPSA) is 55.8 Å². The van der Waals surface area contributed by atoms with Gasteiger partial charge in [0.25, 0.3) is 0 Å². The summed E-state index contributed by atoms with van der Waals surface area (Å²) in [4.78, 5) is 11.2. The van der Waals surface area contributed by atoms with E-state index in [9.17, 15) is 9.90 Å². The van der Waals surface area contributed by atoms with Gasteiger partial charge in [-0.3, -0.25) is 4.79 Å². The third-order valence-electron chi connectivity index (χ3n) is 5.78. The highest BCUT2D eigenvalue weighted by Gasteiger charge is 2.38. The zero-order valence-corrected chi connectivity index (χ0v) is 14.8. The number of rotatable bonds is 5. The van der Waals surface area contributed by atoms with E-state index in [0.717, 1.165) is 29.9 Å². The average Bonchev–Trinajstić information content (AvgIpc) is 3.14. The third-order valence-corrected chi connectivity index (χ3v) is 5.78. The van der Waals surface area contributed by atoms with Gasteiger partial charge in [0.1, 0.15) is 0 Å². The highest BCUT2D eigenvalue weighted by molar-refractivity contribution is 5.70. The van der Waals surface area contributed by atoms with Crippen LogP contribution >= 0.6 is 0 Å². The Morgan fingerprint density at radius 3 is 2.44 bits per heavy atom. The van der Waals surface area contributed by atoms with Crippen LogP contribution in [0.1, 0.15) is 56.9 Å². The molecule has 1 aromatic rings. The summed E-state index contributed by atoms with van der Waals surface area (Å²) >= 11 is 0. The molecule has 1 N–H and O–H groups in total. The van der Waals surface area contributed by atoms with Crippen LogP contribution < -0.4 is 9.47 Å². The number of benzene rings is 1. The predicted molar refractivity (Wildman–Crippen MR) is 96.0 cm³/mol. The molecule has 0 saturated heterocycles. The van der Waals surface area contributed by atoms with E-state index < -0.39 is 11.4 Å². The van der Waals surface area contributed by atoms with Crippen LogP contribution in [0.25, 0.3) is 0 Å². The van der Waals surface area contributed by atoms with E-state index in [2.05, 4.69) is 5.92 Å². The molecule has 4 nitrogen and oxygen atoms in total. The summed E-state index contributed by atoms with van der Waals surface area (Å²) in [6.45, 7) is 0. The van der Waals surface area contributed by atoms with Gasteiger partial charge in [0, 0.05) is 0 Å². The minimum Gasteiger partial charge on any atom is -0.493 e. The van der Waals surface area contributed by atoms with Crippen molar-refractivity contribution in [1.82, 2.24) is 0 Å². The van der Waals surface area contributed by atoms with Gasteiger partial charge in [-0.15, -0.1) is 6.42 Å². The van der Waals surface area contributed by atoms with Crippen molar-refractivity contribution in [3.63, 3.8) is 0 Å². The van der Waals surface area contributed by atoms with E-state index in [1.165, 1.54) is 12.8 Å². The summed E-state index contributed by atoms with van der Waals surface area (Å²) in [5.74, 6) is 3.44. The van der Waals surface area contributed by atoms with Crippen molar-refractivity contribution >= 4 is 5.97 Å². The first-order chi connectivity index (χ1) is 12.1. The van der Waals surface area contributed by atoms with Gasteiger partial charge >= 0.3 is 5.97 Å². The van der Waals surface area contributed by atoms with Crippen LogP contribution in [-0.2, 0) is 10.2 Å². The lowest BCUT2D eigenvalue weighted by molar-refractivity contribution is -0.143. The smallest absolute Gasteiger partial charge is 0.306 e. The van der Waals surface area contributed by atoms with Crippen LogP contribution in [0.4, 0.5) is 0 Å². The molecule has 1 aromatic carbocycles. The zero-order valence-electron chi connectivity index (χ0n) is 14.8. The lowest BCUT2D eigenvalue weighted by Crippen LogP contribution is -2.33. The summed E-state index contributed by atoms with van der Waals surface area (Å²) in [5, 5.41) is 9.24. The third kappa shape index (κ3) is 3.61. The number of terminal acetylenes is 1. The Hall–Kier alpha value is -2.15. The van der Waals surface area contributed by atoms with Crippen LogP contribution in [0.2, 0.25) is 0 Å². The van der Waals surface area contributed by atoms with E-state index in [1.54, 1.807) is 7.11 Å². The van der Waals surface area contributed by atoms with Gasteiger partial charge in [-0.2, -0.15) is 0 Å². The maximum absolute atomic E-state index is 11.2. The molecular formula is C21H26O4. The number of carboxylic acids is 1. The molecule has 0 bridgehead atoms. The minimum absolute atomic E-state index is 0.244. The SMILES string of the molecule is C#CC1(c2ccc(OC)c(OC3CCCC3)c2)CCC(C(=O)O)CC1. The highest BCUT2D eigenvalue weighted by Crippen LogP contribution is 2.44. The normalized spacial score (nSPS) is 26.8. The molecule has 0 amide bonds. The van der Waals surface area contributed by atoms with E-state index in [-0.39, 0.29) is 12.0 Å². The maximum Gasteiger partial charge on any atom is 0.306 e. The summed E-state index contributed by atoms with van der Waals surface area (Å²) in [7, 11) is 1.64. The molecule has 3 rings (SSSR count). The fourth-order valence-corrected chi connectivity index (χ4v) is 4.13. The first-order valence-corrected chi connectivity index (χ1v) is 9.14. The van der Waals surface area contributed by atoms with Gasteiger partial charge in [-0.25, -0.2) is 0 Å². The quantitative estimate of drug-likeness (QED) is 0.816. The van der Waals surface area contributed by atoms with E-state index in [1.807, 2.05) is 18.2 Å². The summed E-state index contributed by atoms with van der Waals surface area (Å²) in [6.07, 6.45) is 13.3. The molecule has 2 aliphatic carbocycles. The Labute approximate surface area is 149 Å². The maximum atomic E-state index is 11.2. The van der Waals surface area contributed by atoms with Crippen molar-refractivity contribution in [3.05, 3.63) is 23.8 Å². The second kappa shape index (κ2) is 7.39. The Morgan fingerprint density at radius 2 is 1.88 bits per heavy atom. The van der Waals surface area contributed by atoms with Gasteiger partial charge in [-0.1, -0.05) is 12.0 Å². The molecular weight excluding hydrogens is 316 g/mol. The molecule has 2 aliphatic rings. The molecule has 0 heterocycles. The van der Waals surface area contributed by atoms with Crippen LogP contribution in [0.5, 0.6) is 11.5 Å². The van der Waals surface area contributed by atoms with Crippen LogP contribution in [0.15, 0.2) is 18.2 Å². The molecule has 0 radical (unpaired) electrons. The van der Waals surface area contributed by atoms with Crippen LogP contribution in [0, 0.1) is 18.3 Å². The van der Waals surface area contributed by atoms with Crippen molar-refractivity contribution in [3.8, 4) is 23.8 Å². The van der Waals surface area contributed by atoms with Crippen molar-refractivity contribution in [2.24, 2.45) is 5.92 Å². The molecule has 2 fully saturated rings. The van der Waals surface area contributed by atoms with Gasteiger partial charge in [-0.05, 0) is 69.1 Å². The fraction of sp³-hybridized carbons (Fsp3) is 0.571. The molecule has 0 aliphatic heterocycles. The molecule has 4 heteroatoms. The number of methoxy groups -OCH3 is 1. The first-order valence-electron chi connectivity index (χ1n) is 9.14. The second-order valence-electron chi connectivity index (χ2n) is 7.23. The van der Waals surface area contributed by atoms with Crippen molar-refractivity contribution in [2.45, 2.75) is 62.9 Å². The van der Waals surface area contributed by atoms with Gasteiger partial charge in [0.15, 0.2) is 11.5 Å². The number of hydrogen-bond acceptors (Lipinski definition) is 3. The first kappa shape index (κ1) is 17.7. The monoisotopic (exact) mass is 342 g/mol. The molecule has 0 aromatic heterocycles. The van der Waals surface area contributed by atoms with Crippen molar-refractivity contribution < 1.29 is 19.4 Å². The van der Waals surface area contributed by atoms with Crippen LogP contribution in [0.3, 0.4) is 0 Å². The lowest BCUT2D eigenvalue weighted by atomic mass is 9.67. The zero-order chi connectivity index (χ0) is 17.9. The molecule has 0 unspecified atom stereocenters. The van der Waals surface area contributed by atoms with Crippen LogP contribution in [-0.4, -0.2) is 24.3 Å². The molecule has 2 saturated carbocycles. The molecule has 25 heavy (non-hydrogen) atoms. The lowest BCUT2D eigenvalue weighted by Gasteiger charge is -2.36. The Balaban J connectivity index is 1.85. The molecule has 134 valence electrons. The van der Waals surface area contributed by atoms with Gasteiger partial charge < -0.3 is 14.6 Å². The standard InChI is InChI=1S/C21H26O4/c1-3-21(12-10-15(11-13-21)20(22)23)16-8-9-18(24-2)19(14-16)25-17-6-4-5-7-17/h1,8-9,14-15,17H,4-7,10-13H2,2H3,(H,22,23). The number of ether oxygens (including phenoxy) is 2. The minimum atomic E-state index is -0.717. The summed E-state index contributed by atoms with van der Waals surface area (Å²) < 4.78 is 11.6. The average molecular weight is 342 g/mol. The number of carbonyl (C=O) groups is 1. The van der Waals surface area contributed by atoms with E-state index >= 15 is 0 Å².